The minimum Gasteiger partial charge on any atom is -0.348 e. The van der Waals surface area contributed by atoms with E-state index in [4.69, 9.17) is 0 Å². The first-order valence-electron chi connectivity index (χ1n) is 9.33. The van der Waals surface area contributed by atoms with Gasteiger partial charge in [-0.15, -0.1) is 10.2 Å². The first-order valence-corrected chi connectivity index (χ1v) is 9.33. The van der Waals surface area contributed by atoms with Gasteiger partial charge in [0.05, 0.1) is 12.1 Å². The van der Waals surface area contributed by atoms with E-state index in [9.17, 15) is 4.79 Å². The zero-order valence-electron chi connectivity index (χ0n) is 15.6. The van der Waals surface area contributed by atoms with Crippen molar-refractivity contribution in [3.63, 3.8) is 0 Å². The maximum absolute atomic E-state index is 13.1. The fourth-order valence-corrected chi connectivity index (χ4v) is 3.81. The third-order valence-electron chi connectivity index (χ3n) is 5.53. The van der Waals surface area contributed by atoms with Crippen molar-refractivity contribution in [2.45, 2.75) is 66.1 Å². The zero-order valence-corrected chi connectivity index (χ0v) is 15.6. The Morgan fingerprint density at radius 3 is 2.68 bits per heavy atom. The molecule has 1 amide bonds. The molecule has 1 saturated carbocycles. The molecule has 0 spiro atoms. The molecule has 0 aromatic carbocycles. The Kier molecular flexibility index (Phi) is 3.93. The molecule has 134 valence electrons. The quantitative estimate of drug-likeness (QED) is 0.859. The van der Waals surface area contributed by atoms with E-state index in [0.29, 0.717) is 12.5 Å². The van der Waals surface area contributed by atoms with Gasteiger partial charge in [-0.05, 0) is 38.7 Å². The van der Waals surface area contributed by atoms with Gasteiger partial charge in [0.15, 0.2) is 5.82 Å². The van der Waals surface area contributed by atoms with Crippen molar-refractivity contribution in [3.8, 4) is 0 Å². The van der Waals surface area contributed by atoms with E-state index in [2.05, 4.69) is 53.1 Å². The lowest BCUT2D eigenvalue weighted by Crippen LogP contribution is -2.39. The van der Waals surface area contributed by atoms with E-state index >= 15 is 0 Å². The predicted molar refractivity (Wildman–Crippen MR) is 95.5 cm³/mol. The second-order valence-corrected chi connectivity index (χ2v) is 7.85. The molecular weight excluding hydrogens is 314 g/mol. The number of nitrogens with zero attached hydrogens (tertiary/aromatic N) is 5. The summed E-state index contributed by atoms with van der Waals surface area (Å²) in [6.45, 7) is 11.5. The van der Waals surface area contributed by atoms with E-state index in [1.165, 1.54) is 18.5 Å². The second-order valence-electron chi connectivity index (χ2n) is 7.85. The summed E-state index contributed by atoms with van der Waals surface area (Å²) in [6.07, 6.45) is 2.64. The highest BCUT2D eigenvalue weighted by atomic mass is 16.2. The van der Waals surface area contributed by atoms with Crippen LogP contribution in [0.3, 0.4) is 0 Å². The molecule has 2 aromatic heterocycles. The van der Waals surface area contributed by atoms with E-state index < -0.39 is 0 Å². The molecule has 6 nitrogen and oxygen atoms in total. The average Bonchev–Trinajstić information content (AvgIpc) is 3.24. The number of carbonyl (C=O) groups is 1. The molecule has 0 saturated heterocycles. The number of carbonyl (C=O) groups excluding carboxylic acids is 1. The SMILES string of the molecule is Cc1cc(C(=O)N2CCn3c(nnc3C(C)C)C2)c(C)n1CC1CC1. The van der Waals surface area contributed by atoms with Crippen LogP contribution in [-0.2, 0) is 19.6 Å². The summed E-state index contributed by atoms with van der Waals surface area (Å²) < 4.78 is 4.49. The molecule has 6 heteroatoms. The zero-order chi connectivity index (χ0) is 17.7. The van der Waals surface area contributed by atoms with Gasteiger partial charge in [-0.25, -0.2) is 0 Å². The normalized spacial score (nSPS) is 17.2. The molecule has 25 heavy (non-hydrogen) atoms. The van der Waals surface area contributed by atoms with Crippen molar-refractivity contribution in [1.82, 2.24) is 24.2 Å². The van der Waals surface area contributed by atoms with Crippen molar-refractivity contribution in [2.24, 2.45) is 5.92 Å². The van der Waals surface area contributed by atoms with Crippen molar-refractivity contribution >= 4 is 5.91 Å². The van der Waals surface area contributed by atoms with Crippen LogP contribution in [0.5, 0.6) is 0 Å². The maximum atomic E-state index is 13.1. The number of hydrogen-bond donors (Lipinski definition) is 0. The highest BCUT2D eigenvalue weighted by Gasteiger charge is 2.29. The van der Waals surface area contributed by atoms with Crippen LogP contribution in [0.15, 0.2) is 6.07 Å². The van der Waals surface area contributed by atoms with Gasteiger partial charge in [-0.2, -0.15) is 0 Å². The minimum atomic E-state index is 0.121. The lowest BCUT2D eigenvalue weighted by Gasteiger charge is -2.28. The van der Waals surface area contributed by atoms with Gasteiger partial charge >= 0.3 is 0 Å². The summed E-state index contributed by atoms with van der Waals surface area (Å²) in [5.41, 5.74) is 3.13. The molecule has 1 fully saturated rings. The van der Waals surface area contributed by atoms with Crippen LogP contribution in [0, 0.1) is 19.8 Å². The summed E-state index contributed by atoms with van der Waals surface area (Å²) in [5.74, 6) is 3.19. The van der Waals surface area contributed by atoms with Gasteiger partial charge in [0, 0.05) is 36.9 Å². The van der Waals surface area contributed by atoms with Crippen molar-refractivity contribution < 1.29 is 4.79 Å². The number of hydrogen-bond acceptors (Lipinski definition) is 3. The smallest absolute Gasteiger partial charge is 0.256 e. The van der Waals surface area contributed by atoms with Gasteiger partial charge in [-0.1, -0.05) is 13.8 Å². The fraction of sp³-hybridized carbons (Fsp3) is 0.632. The second kappa shape index (κ2) is 6.00. The fourth-order valence-electron chi connectivity index (χ4n) is 3.81. The van der Waals surface area contributed by atoms with Crippen LogP contribution in [0.25, 0.3) is 0 Å². The van der Waals surface area contributed by atoms with E-state index in [1.807, 2.05) is 4.90 Å². The number of fused-ring (bicyclic) bond motifs is 1. The number of aryl methyl sites for hydroxylation is 1. The molecule has 2 aromatic rings. The lowest BCUT2D eigenvalue weighted by molar-refractivity contribution is 0.0705. The van der Waals surface area contributed by atoms with Crippen molar-refractivity contribution in [3.05, 3.63) is 34.7 Å². The largest absolute Gasteiger partial charge is 0.348 e. The van der Waals surface area contributed by atoms with E-state index in [0.717, 1.165) is 48.5 Å². The van der Waals surface area contributed by atoms with Crippen LogP contribution in [0.2, 0.25) is 0 Å². The van der Waals surface area contributed by atoms with Gasteiger partial charge in [0.2, 0.25) is 0 Å². The molecule has 1 aliphatic heterocycles. The van der Waals surface area contributed by atoms with Gasteiger partial charge in [0.1, 0.15) is 5.82 Å². The monoisotopic (exact) mass is 341 g/mol. The predicted octanol–water partition coefficient (Wildman–Crippen LogP) is 2.89. The van der Waals surface area contributed by atoms with Crippen LogP contribution >= 0.6 is 0 Å². The average molecular weight is 341 g/mol. The van der Waals surface area contributed by atoms with Gasteiger partial charge < -0.3 is 14.0 Å². The molecule has 4 rings (SSSR count). The van der Waals surface area contributed by atoms with E-state index in [1.54, 1.807) is 0 Å². The summed E-state index contributed by atoms with van der Waals surface area (Å²) in [6, 6.07) is 2.05. The van der Waals surface area contributed by atoms with E-state index in [-0.39, 0.29) is 5.91 Å². The first-order chi connectivity index (χ1) is 12.0. The Morgan fingerprint density at radius 1 is 1.24 bits per heavy atom. The van der Waals surface area contributed by atoms with Crippen molar-refractivity contribution in [2.75, 3.05) is 6.54 Å². The summed E-state index contributed by atoms with van der Waals surface area (Å²) >= 11 is 0. The number of rotatable bonds is 4. The molecule has 3 heterocycles. The highest BCUT2D eigenvalue weighted by molar-refractivity contribution is 5.95. The Balaban J connectivity index is 1.55. The molecule has 1 aliphatic carbocycles. The van der Waals surface area contributed by atoms with Crippen LogP contribution in [-0.4, -0.2) is 36.7 Å². The third-order valence-corrected chi connectivity index (χ3v) is 5.53. The molecule has 0 bridgehead atoms. The molecule has 0 N–H and O–H groups in total. The minimum absolute atomic E-state index is 0.121. The molecule has 0 atom stereocenters. The molecule has 0 radical (unpaired) electrons. The van der Waals surface area contributed by atoms with Gasteiger partial charge in [0.25, 0.3) is 5.91 Å². The standard InChI is InChI=1S/C19H27N5O/c1-12(2)18-21-20-17-11-22(7-8-23(17)18)19(25)16-9-13(3)24(14(16)4)10-15-5-6-15/h9,12,15H,5-8,10-11H2,1-4H3. The van der Waals surface area contributed by atoms with Crippen molar-refractivity contribution in [1.29, 1.82) is 0 Å². The first kappa shape index (κ1) is 16.4. The van der Waals surface area contributed by atoms with Crippen LogP contribution in [0.1, 0.15) is 66.0 Å². The lowest BCUT2D eigenvalue weighted by atomic mass is 10.2. The third kappa shape index (κ3) is 2.87. The Labute approximate surface area is 148 Å². The highest BCUT2D eigenvalue weighted by Crippen LogP contribution is 2.32. The van der Waals surface area contributed by atoms with Gasteiger partial charge in [-0.3, -0.25) is 4.79 Å². The summed E-state index contributed by atoms with van der Waals surface area (Å²) in [7, 11) is 0. The summed E-state index contributed by atoms with van der Waals surface area (Å²) in [4.78, 5) is 15.0. The molecule has 0 unspecified atom stereocenters. The topological polar surface area (TPSA) is 56.0 Å². The molecular formula is C19H27N5O. The number of amides is 1. The Hall–Kier alpha value is -2.11. The number of aromatic nitrogens is 4. The summed E-state index contributed by atoms with van der Waals surface area (Å²) in [5, 5.41) is 8.62. The Morgan fingerprint density at radius 2 is 2.00 bits per heavy atom. The molecule has 2 aliphatic rings. The van der Waals surface area contributed by atoms with Crippen LogP contribution in [0.4, 0.5) is 0 Å². The maximum Gasteiger partial charge on any atom is 0.256 e. The van der Waals surface area contributed by atoms with Crippen LogP contribution < -0.4 is 0 Å². The Bertz CT molecular complexity index is 812.